The van der Waals surface area contributed by atoms with Gasteiger partial charge in [0.1, 0.15) is 0 Å². The number of nitrogens with zero attached hydrogens (tertiary/aromatic N) is 2. The predicted molar refractivity (Wildman–Crippen MR) is 45.3 cm³/mol. The molecule has 0 saturated carbocycles. The van der Waals surface area contributed by atoms with Gasteiger partial charge in [-0.3, -0.25) is 0 Å². The van der Waals surface area contributed by atoms with Crippen molar-refractivity contribution in [2.45, 2.75) is 13.0 Å². The minimum Gasteiger partial charge on any atom is -0.354 e. The lowest BCUT2D eigenvalue weighted by Crippen LogP contribution is -2.26. The molecule has 1 atom stereocenters. The first kappa shape index (κ1) is 8.07. The van der Waals surface area contributed by atoms with Crippen LogP contribution in [-0.2, 0) is 7.05 Å². The molecule has 1 unspecified atom stereocenters. The summed E-state index contributed by atoms with van der Waals surface area (Å²) in [6, 6.07) is 0.159. The summed E-state index contributed by atoms with van der Waals surface area (Å²) < 4.78 is 1.92. The Morgan fingerprint density at radius 3 is 3.00 bits per heavy atom. The van der Waals surface area contributed by atoms with Crippen LogP contribution in [0.25, 0.3) is 0 Å². The van der Waals surface area contributed by atoms with Crippen molar-refractivity contribution in [3.05, 3.63) is 12.4 Å². The Hall–Kier alpha value is -1.03. The molecule has 0 aliphatic carbocycles. The van der Waals surface area contributed by atoms with Crippen LogP contribution < -0.4 is 11.1 Å². The van der Waals surface area contributed by atoms with Gasteiger partial charge in [-0.25, -0.2) is 4.98 Å². The first-order valence-corrected chi connectivity index (χ1v) is 3.67. The molecule has 0 spiro atoms. The SMILES string of the molecule is CC(N)CNc1nccn1C. The van der Waals surface area contributed by atoms with E-state index in [0.717, 1.165) is 12.5 Å². The zero-order valence-electron chi connectivity index (χ0n) is 6.91. The number of anilines is 1. The van der Waals surface area contributed by atoms with Crippen molar-refractivity contribution in [3.63, 3.8) is 0 Å². The third-order valence-corrected chi connectivity index (χ3v) is 1.40. The summed E-state index contributed by atoms with van der Waals surface area (Å²) in [6.45, 7) is 2.71. The monoisotopic (exact) mass is 154 g/mol. The van der Waals surface area contributed by atoms with Gasteiger partial charge in [0.15, 0.2) is 0 Å². The molecule has 0 bridgehead atoms. The summed E-state index contributed by atoms with van der Waals surface area (Å²) in [6.07, 6.45) is 3.65. The molecule has 4 nitrogen and oxygen atoms in total. The fraction of sp³-hybridized carbons (Fsp3) is 0.571. The zero-order chi connectivity index (χ0) is 8.27. The second kappa shape index (κ2) is 3.39. The molecule has 0 radical (unpaired) electrons. The van der Waals surface area contributed by atoms with Crippen LogP contribution in [0.15, 0.2) is 12.4 Å². The molecular weight excluding hydrogens is 140 g/mol. The first-order valence-electron chi connectivity index (χ1n) is 3.67. The topological polar surface area (TPSA) is 55.9 Å². The Morgan fingerprint density at radius 1 is 1.82 bits per heavy atom. The average Bonchev–Trinajstić information content (AvgIpc) is 2.31. The maximum Gasteiger partial charge on any atom is 0.202 e. The zero-order valence-corrected chi connectivity index (χ0v) is 6.91. The van der Waals surface area contributed by atoms with E-state index in [0.29, 0.717) is 0 Å². The van der Waals surface area contributed by atoms with Crippen LogP contribution in [0.1, 0.15) is 6.92 Å². The fourth-order valence-electron chi connectivity index (χ4n) is 0.788. The minimum atomic E-state index is 0.159. The summed E-state index contributed by atoms with van der Waals surface area (Å²) in [5, 5.41) is 3.12. The average molecular weight is 154 g/mol. The number of imidazole rings is 1. The largest absolute Gasteiger partial charge is 0.354 e. The Bertz CT molecular complexity index is 216. The maximum absolute atomic E-state index is 5.56. The fourth-order valence-corrected chi connectivity index (χ4v) is 0.788. The van der Waals surface area contributed by atoms with Crippen LogP contribution in [0.5, 0.6) is 0 Å². The van der Waals surface area contributed by atoms with E-state index in [1.54, 1.807) is 6.20 Å². The van der Waals surface area contributed by atoms with Gasteiger partial charge in [0, 0.05) is 32.0 Å². The van der Waals surface area contributed by atoms with Crippen LogP contribution >= 0.6 is 0 Å². The Labute approximate surface area is 66.4 Å². The lowest BCUT2D eigenvalue weighted by molar-refractivity contribution is 0.765. The molecular formula is C7H14N4. The summed E-state index contributed by atoms with van der Waals surface area (Å²) in [5.74, 6) is 0.863. The second-order valence-electron chi connectivity index (χ2n) is 2.72. The normalized spacial score (nSPS) is 13.0. The second-order valence-corrected chi connectivity index (χ2v) is 2.72. The Kier molecular flexibility index (Phi) is 2.48. The summed E-state index contributed by atoms with van der Waals surface area (Å²) in [7, 11) is 1.94. The van der Waals surface area contributed by atoms with E-state index in [9.17, 15) is 0 Å². The third-order valence-electron chi connectivity index (χ3n) is 1.40. The van der Waals surface area contributed by atoms with Crippen LogP contribution in [0, 0.1) is 0 Å². The van der Waals surface area contributed by atoms with Gasteiger partial charge in [-0.05, 0) is 6.92 Å². The molecule has 11 heavy (non-hydrogen) atoms. The number of aromatic nitrogens is 2. The number of nitrogens with two attached hydrogens (primary N) is 1. The number of rotatable bonds is 3. The molecule has 1 rings (SSSR count). The van der Waals surface area contributed by atoms with Gasteiger partial charge in [-0.15, -0.1) is 0 Å². The van der Waals surface area contributed by atoms with E-state index in [-0.39, 0.29) is 6.04 Å². The summed E-state index contributed by atoms with van der Waals surface area (Å²) in [5.41, 5.74) is 5.56. The van der Waals surface area contributed by atoms with E-state index in [2.05, 4.69) is 10.3 Å². The Balaban J connectivity index is 2.44. The predicted octanol–water partition coefficient (Wildman–Crippen LogP) is 0.179. The van der Waals surface area contributed by atoms with Gasteiger partial charge in [0.2, 0.25) is 5.95 Å². The van der Waals surface area contributed by atoms with Crippen molar-refractivity contribution in [1.82, 2.24) is 9.55 Å². The van der Waals surface area contributed by atoms with Crippen molar-refractivity contribution >= 4 is 5.95 Å². The summed E-state index contributed by atoms with van der Waals surface area (Å²) >= 11 is 0. The van der Waals surface area contributed by atoms with E-state index in [1.807, 2.05) is 24.7 Å². The highest BCUT2D eigenvalue weighted by Gasteiger charge is 1.97. The van der Waals surface area contributed by atoms with Gasteiger partial charge < -0.3 is 15.6 Å². The van der Waals surface area contributed by atoms with Crippen molar-refractivity contribution in [1.29, 1.82) is 0 Å². The number of hydrogen-bond donors (Lipinski definition) is 2. The lowest BCUT2D eigenvalue weighted by atomic mass is 10.4. The highest BCUT2D eigenvalue weighted by atomic mass is 15.2. The number of aryl methyl sites for hydroxylation is 1. The highest BCUT2D eigenvalue weighted by Crippen LogP contribution is 1.99. The first-order chi connectivity index (χ1) is 5.20. The molecule has 1 aromatic heterocycles. The van der Waals surface area contributed by atoms with Gasteiger partial charge >= 0.3 is 0 Å². The van der Waals surface area contributed by atoms with Gasteiger partial charge in [-0.2, -0.15) is 0 Å². The number of hydrogen-bond acceptors (Lipinski definition) is 3. The standard InChI is InChI=1S/C7H14N4/c1-6(8)5-10-7-9-3-4-11(7)2/h3-4,6H,5,8H2,1-2H3,(H,9,10). The molecule has 1 aromatic rings. The molecule has 0 aliphatic rings. The van der Waals surface area contributed by atoms with E-state index >= 15 is 0 Å². The van der Waals surface area contributed by atoms with E-state index in [4.69, 9.17) is 5.73 Å². The molecule has 1 heterocycles. The van der Waals surface area contributed by atoms with Crippen molar-refractivity contribution in [3.8, 4) is 0 Å². The van der Waals surface area contributed by atoms with Crippen molar-refractivity contribution < 1.29 is 0 Å². The molecule has 0 aliphatic heterocycles. The maximum atomic E-state index is 5.56. The van der Waals surface area contributed by atoms with E-state index < -0.39 is 0 Å². The molecule has 4 heteroatoms. The smallest absolute Gasteiger partial charge is 0.202 e. The van der Waals surface area contributed by atoms with Crippen molar-refractivity contribution in [2.75, 3.05) is 11.9 Å². The number of nitrogens with one attached hydrogen (secondary N) is 1. The van der Waals surface area contributed by atoms with E-state index in [1.165, 1.54) is 0 Å². The molecule has 3 N–H and O–H groups in total. The molecule has 0 aromatic carbocycles. The Morgan fingerprint density at radius 2 is 2.55 bits per heavy atom. The van der Waals surface area contributed by atoms with Crippen LogP contribution in [0.4, 0.5) is 5.95 Å². The molecule has 0 amide bonds. The highest BCUT2D eigenvalue weighted by molar-refractivity contribution is 5.25. The van der Waals surface area contributed by atoms with Crippen molar-refractivity contribution in [2.24, 2.45) is 12.8 Å². The van der Waals surface area contributed by atoms with Gasteiger partial charge in [0.05, 0.1) is 0 Å². The minimum absolute atomic E-state index is 0.159. The quantitative estimate of drug-likeness (QED) is 0.653. The molecule has 0 saturated heterocycles. The van der Waals surface area contributed by atoms with Crippen LogP contribution in [0.2, 0.25) is 0 Å². The third kappa shape index (κ3) is 2.23. The van der Waals surface area contributed by atoms with Crippen LogP contribution in [0.3, 0.4) is 0 Å². The lowest BCUT2D eigenvalue weighted by Gasteiger charge is -2.07. The van der Waals surface area contributed by atoms with Gasteiger partial charge in [-0.1, -0.05) is 0 Å². The van der Waals surface area contributed by atoms with Gasteiger partial charge in [0.25, 0.3) is 0 Å². The summed E-state index contributed by atoms with van der Waals surface area (Å²) in [4.78, 5) is 4.08. The molecule has 0 fully saturated rings. The molecule has 62 valence electrons. The van der Waals surface area contributed by atoms with Crippen LogP contribution in [-0.4, -0.2) is 22.1 Å².